The van der Waals surface area contributed by atoms with E-state index in [-0.39, 0.29) is 24.0 Å². The van der Waals surface area contributed by atoms with Crippen molar-refractivity contribution < 1.29 is 9.59 Å². The lowest BCUT2D eigenvalue weighted by Gasteiger charge is -2.24. The van der Waals surface area contributed by atoms with Gasteiger partial charge in [0.25, 0.3) is 0 Å². The molecule has 0 aliphatic heterocycles. The van der Waals surface area contributed by atoms with Crippen LogP contribution >= 0.6 is 0 Å². The first-order valence-corrected chi connectivity index (χ1v) is 8.48. The molecule has 5 heteroatoms. The molecule has 2 rings (SSSR count). The first kappa shape index (κ1) is 17.5. The molecule has 1 aromatic rings. The zero-order valence-corrected chi connectivity index (χ0v) is 14.0. The van der Waals surface area contributed by atoms with Crippen LogP contribution in [0.3, 0.4) is 0 Å². The van der Waals surface area contributed by atoms with Crippen LogP contribution in [-0.4, -0.2) is 24.0 Å². The van der Waals surface area contributed by atoms with Gasteiger partial charge in [0.05, 0.1) is 6.04 Å². The van der Waals surface area contributed by atoms with Crippen molar-refractivity contribution in [1.29, 1.82) is 0 Å². The van der Waals surface area contributed by atoms with Crippen molar-refractivity contribution in [2.24, 2.45) is 0 Å². The Balaban J connectivity index is 1.76. The van der Waals surface area contributed by atoms with Gasteiger partial charge in [0.15, 0.2) is 0 Å². The molecule has 0 unspecified atom stereocenters. The van der Waals surface area contributed by atoms with Crippen molar-refractivity contribution in [3.8, 4) is 0 Å². The second kappa shape index (κ2) is 8.67. The SMILES string of the molecule is C[C@@H](N[C@H](C)c1ccccc1)C(=O)NC(=O)NC1CCCCC1. The van der Waals surface area contributed by atoms with Crippen LogP contribution in [0.1, 0.15) is 57.6 Å². The van der Waals surface area contributed by atoms with Crippen molar-refractivity contribution in [2.45, 2.75) is 64.1 Å². The molecule has 0 heterocycles. The molecule has 1 fully saturated rings. The molecule has 0 saturated heterocycles. The highest BCUT2D eigenvalue weighted by Crippen LogP contribution is 2.17. The van der Waals surface area contributed by atoms with Gasteiger partial charge in [-0.15, -0.1) is 0 Å². The van der Waals surface area contributed by atoms with Gasteiger partial charge in [0.1, 0.15) is 0 Å². The molecule has 0 bridgehead atoms. The standard InChI is InChI=1S/C18H27N3O2/c1-13(15-9-5-3-6-10-15)19-14(2)17(22)21-18(23)20-16-11-7-4-8-12-16/h3,5-6,9-10,13-14,16,19H,4,7-8,11-12H2,1-2H3,(H2,20,21,22,23)/t13-,14-/m1/s1. The van der Waals surface area contributed by atoms with E-state index in [1.807, 2.05) is 37.3 Å². The number of imide groups is 1. The van der Waals surface area contributed by atoms with Gasteiger partial charge in [-0.3, -0.25) is 15.4 Å². The number of carbonyl (C=O) groups excluding carboxylic acids is 2. The van der Waals surface area contributed by atoms with E-state index >= 15 is 0 Å². The molecule has 1 saturated carbocycles. The smallest absolute Gasteiger partial charge is 0.321 e. The largest absolute Gasteiger partial charge is 0.335 e. The van der Waals surface area contributed by atoms with Gasteiger partial charge in [0, 0.05) is 12.1 Å². The molecular formula is C18H27N3O2. The lowest BCUT2D eigenvalue weighted by Crippen LogP contribution is -2.50. The third-order valence-electron chi connectivity index (χ3n) is 4.37. The van der Waals surface area contributed by atoms with Crippen LogP contribution in [0.2, 0.25) is 0 Å². The number of nitrogens with one attached hydrogen (secondary N) is 3. The Kier molecular flexibility index (Phi) is 6.59. The third kappa shape index (κ3) is 5.67. The molecule has 1 aliphatic rings. The first-order chi connectivity index (χ1) is 11.1. The number of hydrogen-bond acceptors (Lipinski definition) is 3. The van der Waals surface area contributed by atoms with E-state index in [4.69, 9.17) is 0 Å². The minimum Gasteiger partial charge on any atom is -0.335 e. The average molecular weight is 317 g/mol. The normalized spacial score (nSPS) is 18.0. The highest BCUT2D eigenvalue weighted by molar-refractivity contribution is 5.96. The molecule has 5 nitrogen and oxygen atoms in total. The summed E-state index contributed by atoms with van der Waals surface area (Å²) in [6.07, 6.45) is 5.52. The number of carbonyl (C=O) groups is 2. The predicted octanol–water partition coefficient (Wildman–Crippen LogP) is 2.88. The van der Waals surface area contributed by atoms with Crippen molar-refractivity contribution in [3.63, 3.8) is 0 Å². The zero-order valence-electron chi connectivity index (χ0n) is 14.0. The minimum atomic E-state index is -0.442. The highest BCUT2D eigenvalue weighted by atomic mass is 16.2. The molecule has 1 aromatic carbocycles. The average Bonchev–Trinajstić information content (AvgIpc) is 2.56. The molecule has 0 spiro atoms. The van der Waals surface area contributed by atoms with Crippen LogP contribution in [-0.2, 0) is 4.79 Å². The van der Waals surface area contributed by atoms with E-state index < -0.39 is 6.04 Å². The van der Waals surface area contributed by atoms with Crippen molar-refractivity contribution in [1.82, 2.24) is 16.0 Å². The molecule has 0 radical (unpaired) electrons. The van der Waals surface area contributed by atoms with Gasteiger partial charge in [-0.1, -0.05) is 49.6 Å². The van der Waals surface area contributed by atoms with Crippen LogP contribution in [0, 0.1) is 0 Å². The molecule has 3 N–H and O–H groups in total. The molecule has 126 valence electrons. The lowest BCUT2D eigenvalue weighted by molar-refractivity contribution is -0.121. The highest BCUT2D eigenvalue weighted by Gasteiger charge is 2.20. The second-order valence-electron chi connectivity index (χ2n) is 6.32. The Hall–Kier alpha value is -1.88. The quantitative estimate of drug-likeness (QED) is 0.782. The monoisotopic (exact) mass is 317 g/mol. The van der Waals surface area contributed by atoms with Gasteiger partial charge in [0.2, 0.25) is 5.91 Å². The number of hydrogen-bond donors (Lipinski definition) is 3. The molecule has 0 aromatic heterocycles. The Morgan fingerprint density at radius 3 is 2.35 bits per heavy atom. The van der Waals surface area contributed by atoms with Crippen molar-refractivity contribution in [2.75, 3.05) is 0 Å². The fraction of sp³-hybridized carbons (Fsp3) is 0.556. The summed E-state index contributed by atoms with van der Waals surface area (Å²) in [7, 11) is 0. The Morgan fingerprint density at radius 2 is 1.70 bits per heavy atom. The van der Waals surface area contributed by atoms with E-state index in [1.54, 1.807) is 6.92 Å². The van der Waals surface area contributed by atoms with Crippen LogP contribution in [0.15, 0.2) is 30.3 Å². The summed E-state index contributed by atoms with van der Waals surface area (Å²) < 4.78 is 0. The number of amides is 3. The summed E-state index contributed by atoms with van der Waals surface area (Å²) in [5.41, 5.74) is 1.11. The van der Waals surface area contributed by atoms with Crippen molar-refractivity contribution in [3.05, 3.63) is 35.9 Å². The van der Waals surface area contributed by atoms with Crippen LogP contribution < -0.4 is 16.0 Å². The van der Waals surface area contributed by atoms with Gasteiger partial charge in [-0.2, -0.15) is 0 Å². The van der Waals surface area contributed by atoms with E-state index in [2.05, 4.69) is 16.0 Å². The summed E-state index contributed by atoms with van der Waals surface area (Å²) in [5, 5.41) is 8.54. The minimum absolute atomic E-state index is 0.0401. The predicted molar refractivity (Wildman–Crippen MR) is 91.0 cm³/mol. The zero-order chi connectivity index (χ0) is 16.7. The van der Waals surface area contributed by atoms with Gasteiger partial charge >= 0.3 is 6.03 Å². The molecule has 2 atom stereocenters. The van der Waals surface area contributed by atoms with E-state index in [0.717, 1.165) is 31.2 Å². The van der Waals surface area contributed by atoms with Crippen LogP contribution in [0.4, 0.5) is 4.79 Å². The maximum atomic E-state index is 12.1. The number of rotatable bonds is 5. The van der Waals surface area contributed by atoms with Gasteiger partial charge in [-0.05, 0) is 32.3 Å². The second-order valence-corrected chi connectivity index (χ2v) is 6.32. The van der Waals surface area contributed by atoms with Gasteiger partial charge in [-0.25, -0.2) is 4.79 Å². The Morgan fingerprint density at radius 1 is 1.04 bits per heavy atom. The van der Waals surface area contributed by atoms with Crippen molar-refractivity contribution >= 4 is 11.9 Å². The summed E-state index contributed by atoms with van der Waals surface area (Å²) in [6.45, 7) is 3.77. The Bertz CT molecular complexity index is 512. The summed E-state index contributed by atoms with van der Waals surface area (Å²) in [5.74, 6) is -0.305. The topological polar surface area (TPSA) is 70.2 Å². The molecule has 23 heavy (non-hydrogen) atoms. The summed E-state index contributed by atoms with van der Waals surface area (Å²) in [4.78, 5) is 24.0. The van der Waals surface area contributed by atoms with E-state index in [9.17, 15) is 9.59 Å². The summed E-state index contributed by atoms with van der Waals surface area (Å²) in [6, 6.07) is 9.33. The van der Waals surface area contributed by atoms with Gasteiger partial charge < -0.3 is 5.32 Å². The molecular weight excluding hydrogens is 290 g/mol. The maximum Gasteiger partial charge on any atom is 0.321 e. The Labute approximate surface area is 138 Å². The van der Waals surface area contributed by atoms with Crippen LogP contribution in [0.25, 0.3) is 0 Å². The number of urea groups is 1. The molecule has 1 aliphatic carbocycles. The fourth-order valence-corrected chi connectivity index (χ4v) is 2.98. The summed E-state index contributed by atoms with van der Waals surface area (Å²) >= 11 is 0. The number of benzene rings is 1. The third-order valence-corrected chi connectivity index (χ3v) is 4.37. The maximum absolute atomic E-state index is 12.1. The first-order valence-electron chi connectivity index (χ1n) is 8.48. The van der Waals surface area contributed by atoms with Crippen LogP contribution in [0.5, 0.6) is 0 Å². The molecule has 3 amide bonds. The van der Waals surface area contributed by atoms with E-state index in [0.29, 0.717) is 0 Å². The lowest BCUT2D eigenvalue weighted by atomic mass is 9.96. The van der Waals surface area contributed by atoms with E-state index in [1.165, 1.54) is 6.42 Å². The fourth-order valence-electron chi connectivity index (χ4n) is 2.98.